The molecule has 8 heteroatoms. The third kappa shape index (κ3) is 3.52. The fourth-order valence-electron chi connectivity index (χ4n) is 3.66. The highest BCUT2D eigenvalue weighted by molar-refractivity contribution is 9.10. The van der Waals surface area contributed by atoms with E-state index in [2.05, 4.69) is 26.6 Å². The van der Waals surface area contributed by atoms with Gasteiger partial charge in [0.2, 0.25) is 5.91 Å². The molecule has 0 bridgehead atoms. The lowest BCUT2D eigenvalue weighted by Crippen LogP contribution is -2.55. The summed E-state index contributed by atoms with van der Waals surface area (Å²) in [6, 6.07) is 9.62. The molecule has 0 aliphatic carbocycles. The summed E-state index contributed by atoms with van der Waals surface area (Å²) in [7, 11) is 0. The second-order valence-corrected chi connectivity index (χ2v) is 7.81. The topological polar surface area (TPSA) is 78.5 Å². The number of nitrogens with zero attached hydrogens (tertiary/aromatic N) is 1. The van der Waals surface area contributed by atoms with Crippen molar-refractivity contribution in [2.24, 2.45) is 0 Å². The van der Waals surface area contributed by atoms with Crippen LogP contribution in [-0.2, 0) is 4.79 Å². The molecule has 2 aliphatic heterocycles. The fourth-order valence-corrected chi connectivity index (χ4v) is 4.02. The average molecular weight is 446 g/mol. The van der Waals surface area contributed by atoms with Crippen molar-refractivity contribution in [1.82, 2.24) is 10.2 Å². The summed E-state index contributed by atoms with van der Waals surface area (Å²) in [5, 5.41) is 5.66. The third-order valence-electron chi connectivity index (χ3n) is 5.06. The minimum Gasteiger partial charge on any atom is -0.349 e. The average Bonchev–Trinajstić information content (AvgIpc) is 2.77. The van der Waals surface area contributed by atoms with E-state index in [1.54, 1.807) is 23.1 Å². The van der Waals surface area contributed by atoms with E-state index in [1.807, 2.05) is 0 Å². The zero-order chi connectivity index (χ0) is 19.8. The predicted molar refractivity (Wildman–Crippen MR) is 104 cm³/mol. The molecule has 2 unspecified atom stereocenters. The van der Waals surface area contributed by atoms with Gasteiger partial charge < -0.3 is 15.5 Å². The number of halogens is 2. The molecule has 144 valence electrons. The van der Waals surface area contributed by atoms with Crippen molar-refractivity contribution < 1.29 is 18.8 Å². The summed E-state index contributed by atoms with van der Waals surface area (Å²) in [5.41, 5.74) is 1.14. The Morgan fingerprint density at radius 1 is 1.21 bits per heavy atom. The second kappa shape index (κ2) is 7.35. The highest BCUT2D eigenvalue weighted by Gasteiger charge is 2.40. The molecule has 0 aromatic heterocycles. The van der Waals surface area contributed by atoms with Crippen molar-refractivity contribution in [2.75, 3.05) is 11.9 Å². The van der Waals surface area contributed by atoms with Crippen molar-refractivity contribution in [2.45, 2.75) is 24.9 Å². The molecule has 3 amide bonds. The van der Waals surface area contributed by atoms with E-state index >= 15 is 0 Å². The third-order valence-corrected chi connectivity index (χ3v) is 5.55. The van der Waals surface area contributed by atoms with Gasteiger partial charge in [-0.25, -0.2) is 4.39 Å². The van der Waals surface area contributed by atoms with E-state index in [9.17, 15) is 18.8 Å². The molecule has 0 saturated carbocycles. The maximum atomic E-state index is 13.3. The number of nitrogens with one attached hydrogen (secondary N) is 2. The van der Waals surface area contributed by atoms with Crippen molar-refractivity contribution >= 4 is 39.3 Å². The van der Waals surface area contributed by atoms with Gasteiger partial charge in [0, 0.05) is 22.6 Å². The van der Waals surface area contributed by atoms with Gasteiger partial charge in [0.05, 0.1) is 11.3 Å². The molecule has 28 heavy (non-hydrogen) atoms. The van der Waals surface area contributed by atoms with Crippen LogP contribution < -0.4 is 10.6 Å². The van der Waals surface area contributed by atoms with E-state index in [-0.39, 0.29) is 23.4 Å². The van der Waals surface area contributed by atoms with Crippen molar-refractivity contribution in [1.29, 1.82) is 0 Å². The number of hydrogen-bond donors (Lipinski definition) is 2. The van der Waals surface area contributed by atoms with Crippen LogP contribution in [0.2, 0.25) is 0 Å². The number of carbonyl (C=O) groups excluding carboxylic acids is 3. The Hall–Kier alpha value is -2.74. The Bertz CT molecular complexity index is 981. The van der Waals surface area contributed by atoms with E-state index in [1.165, 1.54) is 24.3 Å². The largest absolute Gasteiger partial charge is 0.349 e. The standard InChI is InChI=1S/C20H17BrFN3O3/c21-12-4-5-16-15(9-12)20(28)25-7-6-14(10-17(25)19(27)24-16)23-18(26)11-2-1-3-13(22)8-11/h1-5,8-9,14,17H,6-7,10H2,(H,23,26)(H,24,27). The molecule has 2 heterocycles. The van der Waals surface area contributed by atoms with Crippen LogP contribution in [0.3, 0.4) is 0 Å². The molecule has 0 spiro atoms. The molecule has 2 atom stereocenters. The van der Waals surface area contributed by atoms with Crippen LogP contribution in [0.25, 0.3) is 0 Å². The summed E-state index contributed by atoms with van der Waals surface area (Å²) in [6.07, 6.45) is 0.813. The number of rotatable bonds is 2. The molecular formula is C20H17BrFN3O3. The van der Waals surface area contributed by atoms with Crippen molar-refractivity contribution in [3.63, 3.8) is 0 Å². The van der Waals surface area contributed by atoms with Crippen LogP contribution in [-0.4, -0.2) is 41.2 Å². The Labute approximate surface area is 169 Å². The number of anilines is 1. The lowest BCUT2D eigenvalue weighted by Gasteiger charge is -2.37. The number of hydrogen-bond acceptors (Lipinski definition) is 3. The summed E-state index contributed by atoms with van der Waals surface area (Å²) >= 11 is 3.35. The minimum atomic E-state index is -0.676. The summed E-state index contributed by atoms with van der Waals surface area (Å²) < 4.78 is 14.1. The van der Waals surface area contributed by atoms with Crippen molar-refractivity contribution in [3.05, 3.63) is 63.9 Å². The van der Waals surface area contributed by atoms with Gasteiger partial charge in [-0.3, -0.25) is 14.4 Å². The Kier molecular flexibility index (Phi) is 4.89. The zero-order valence-electron chi connectivity index (χ0n) is 14.7. The molecule has 1 saturated heterocycles. The maximum absolute atomic E-state index is 13.3. The molecule has 0 radical (unpaired) electrons. The molecule has 2 N–H and O–H groups in total. The minimum absolute atomic E-state index is 0.213. The molecule has 2 aromatic carbocycles. The van der Waals surface area contributed by atoms with Gasteiger partial charge in [-0.05, 0) is 49.2 Å². The first-order valence-electron chi connectivity index (χ1n) is 8.90. The van der Waals surface area contributed by atoms with Crippen LogP contribution in [0.1, 0.15) is 33.6 Å². The smallest absolute Gasteiger partial charge is 0.256 e. The summed E-state index contributed by atoms with van der Waals surface area (Å²) in [5.74, 6) is -1.38. The van der Waals surface area contributed by atoms with E-state index < -0.39 is 17.8 Å². The van der Waals surface area contributed by atoms with Crippen LogP contribution in [0.15, 0.2) is 46.9 Å². The van der Waals surface area contributed by atoms with Crippen LogP contribution >= 0.6 is 15.9 Å². The van der Waals surface area contributed by atoms with E-state index in [4.69, 9.17) is 0 Å². The van der Waals surface area contributed by atoms with E-state index in [0.29, 0.717) is 30.6 Å². The highest BCUT2D eigenvalue weighted by atomic mass is 79.9. The van der Waals surface area contributed by atoms with Gasteiger partial charge in [0.15, 0.2) is 0 Å². The van der Waals surface area contributed by atoms with Gasteiger partial charge in [-0.15, -0.1) is 0 Å². The molecule has 1 fully saturated rings. The Balaban J connectivity index is 1.52. The van der Waals surface area contributed by atoms with E-state index in [0.717, 1.165) is 4.47 Å². The highest BCUT2D eigenvalue weighted by Crippen LogP contribution is 2.30. The first-order chi connectivity index (χ1) is 13.4. The number of benzene rings is 2. The number of carbonyl (C=O) groups is 3. The molecular weight excluding hydrogens is 429 g/mol. The van der Waals surface area contributed by atoms with Crippen LogP contribution in [0, 0.1) is 5.82 Å². The number of piperidine rings is 1. The Morgan fingerprint density at radius 3 is 2.82 bits per heavy atom. The van der Waals surface area contributed by atoms with Crippen molar-refractivity contribution in [3.8, 4) is 0 Å². The summed E-state index contributed by atoms with van der Waals surface area (Å²) in [4.78, 5) is 39.6. The SMILES string of the molecule is O=C(NC1CCN2C(=O)c3cc(Br)ccc3NC(=O)C2C1)c1cccc(F)c1. The Morgan fingerprint density at radius 2 is 2.04 bits per heavy atom. The zero-order valence-corrected chi connectivity index (χ0v) is 16.3. The monoisotopic (exact) mass is 445 g/mol. The molecule has 6 nitrogen and oxygen atoms in total. The molecule has 4 rings (SSSR count). The van der Waals surface area contributed by atoms with Crippen LogP contribution in [0.5, 0.6) is 0 Å². The normalized spacial score (nSPS) is 21.3. The quantitative estimate of drug-likeness (QED) is 0.745. The van der Waals surface area contributed by atoms with Gasteiger partial charge in [-0.2, -0.15) is 0 Å². The summed E-state index contributed by atoms with van der Waals surface area (Å²) in [6.45, 7) is 0.344. The fraction of sp³-hybridized carbons (Fsp3) is 0.250. The first-order valence-corrected chi connectivity index (χ1v) is 9.69. The predicted octanol–water partition coefficient (Wildman–Crippen LogP) is 2.94. The molecule has 2 aliphatic rings. The second-order valence-electron chi connectivity index (χ2n) is 6.90. The number of amides is 3. The molecule has 2 aromatic rings. The van der Waals surface area contributed by atoms with Gasteiger partial charge in [-0.1, -0.05) is 22.0 Å². The van der Waals surface area contributed by atoms with Gasteiger partial charge in [0.1, 0.15) is 11.9 Å². The van der Waals surface area contributed by atoms with Crippen LogP contribution in [0.4, 0.5) is 10.1 Å². The first kappa shape index (κ1) is 18.6. The van der Waals surface area contributed by atoms with Gasteiger partial charge in [0.25, 0.3) is 11.8 Å². The number of fused-ring (bicyclic) bond motifs is 2. The van der Waals surface area contributed by atoms with Gasteiger partial charge >= 0.3 is 0 Å². The lowest BCUT2D eigenvalue weighted by molar-refractivity contribution is -0.121. The maximum Gasteiger partial charge on any atom is 0.256 e. The lowest BCUT2D eigenvalue weighted by atomic mass is 9.95.